The smallest absolute Gasteiger partial charge is 0.191 e. The van der Waals surface area contributed by atoms with Crippen molar-refractivity contribution < 1.29 is 9.47 Å². The predicted molar refractivity (Wildman–Crippen MR) is 114 cm³/mol. The number of nitrogens with one attached hydrogen (secondary N) is 2. The van der Waals surface area contributed by atoms with E-state index in [1.54, 1.807) is 7.11 Å². The number of guanidine groups is 1. The summed E-state index contributed by atoms with van der Waals surface area (Å²) in [5.41, 5.74) is 2.83. The number of halogens is 1. The summed E-state index contributed by atoms with van der Waals surface area (Å²) in [4.78, 5) is 4.65. The van der Waals surface area contributed by atoms with Crippen molar-refractivity contribution in [1.82, 2.24) is 10.6 Å². The highest BCUT2D eigenvalue weighted by atomic mass is 127. The molecule has 1 fully saturated rings. The van der Waals surface area contributed by atoms with Crippen molar-refractivity contribution in [3.63, 3.8) is 0 Å². The lowest BCUT2D eigenvalue weighted by Gasteiger charge is -2.12. The van der Waals surface area contributed by atoms with Crippen LogP contribution < -0.4 is 10.6 Å². The molecule has 0 bridgehead atoms. The predicted octanol–water partition coefficient (Wildman–Crippen LogP) is 3.08. The highest BCUT2D eigenvalue weighted by Crippen LogP contribution is 2.41. The minimum Gasteiger partial charge on any atom is -0.382 e. The zero-order chi connectivity index (χ0) is 17.2. The second-order valence-electron chi connectivity index (χ2n) is 6.17. The standard InChI is InChI=1S/C19H31N3O2.HI/c1-4-20-19(21-10-7-11-24-13-12-23-3)22-18-14-17(18)16-9-6-5-8-15(16)2;/h5-6,8-9,17-18H,4,7,10-14H2,1-3H3,(H2,20,21,22);1H. The molecule has 142 valence electrons. The molecule has 6 heteroatoms. The monoisotopic (exact) mass is 461 g/mol. The maximum atomic E-state index is 5.46. The number of benzene rings is 1. The van der Waals surface area contributed by atoms with Crippen LogP contribution in [0.4, 0.5) is 0 Å². The maximum absolute atomic E-state index is 5.46. The summed E-state index contributed by atoms with van der Waals surface area (Å²) in [6.45, 7) is 7.95. The summed E-state index contributed by atoms with van der Waals surface area (Å²) >= 11 is 0. The number of rotatable bonds is 10. The molecule has 0 radical (unpaired) electrons. The number of aryl methyl sites for hydroxylation is 1. The lowest BCUT2D eigenvalue weighted by molar-refractivity contribution is 0.0702. The fourth-order valence-corrected chi connectivity index (χ4v) is 2.80. The number of aliphatic imine (C=N–C) groups is 1. The molecule has 2 rings (SSSR count). The van der Waals surface area contributed by atoms with Crippen molar-refractivity contribution >= 4 is 29.9 Å². The summed E-state index contributed by atoms with van der Waals surface area (Å²) < 4.78 is 10.4. The zero-order valence-corrected chi connectivity index (χ0v) is 17.9. The van der Waals surface area contributed by atoms with Gasteiger partial charge in [0.25, 0.3) is 0 Å². The van der Waals surface area contributed by atoms with E-state index < -0.39 is 0 Å². The maximum Gasteiger partial charge on any atom is 0.191 e. The Hall–Kier alpha value is -0.860. The SMILES string of the molecule is CCNC(=NCCCOCCOC)NC1CC1c1ccccc1C.I. The fourth-order valence-electron chi connectivity index (χ4n) is 2.80. The molecule has 1 aliphatic carbocycles. The van der Waals surface area contributed by atoms with Gasteiger partial charge in [0.1, 0.15) is 0 Å². The first kappa shape index (κ1) is 22.2. The van der Waals surface area contributed by atoms with Crippen LogP contribution in [0.25, 0.3) is 0 Å². The minimum absolute atomic E-state index is 0. The second-order valence-corrected chi connectivity index (χ2v) is 6.17. The molecule has 2 N–H and O–H groups in total. The lowest BCUT2D eigenvalue weighted by Crippen LogP contribution is -2.39. The Morgan fingerprint density at radius 1 is 1.24 bits per heavy atom. The van der Waals surface area contributed by atoms with Crippen LogP contribution in [0.15, 0.2) is 29.3 Å². The summed E-state index contributed by atoms with van der Waals surface area (Å²) in [6, 6.07) is 9.14. The molecule has 0 heterocycles. The molecule has 0 saturated heterocycles. The Morgan fingerprint density at radius 3 is 2.76 bits per heavy atom. The van der Waals surface area contributed by atoms with Gasteiger partial charge < -0.3 is 20.1 Å². The van der Waals surface area contributed by atoms with E-state index >= 15 is 0 Å². The Labute approximate surface area is 169 Å². The van der Waals surface area contributed by atoms with Gasteiger partial charge >= 0.3 is 0 Å². The van der Waals surface area contributed by atoms with Crippen LogP contribution in [0.5, 0.6) is 0 Å². The largest absolute Gasteiger partial charge is 0.382 e. The number of hydrogen-bond donors (Lipinski definition) is 2. The van der Waals surface area contributed by atoms with Crippen molar-refractivity contribution in [1.29, 1.82) is 0 Å². The van der Waals surface area contributed by atoms with Crippen LogP contribution in [-0.2, 0) is 9.47 Å². The summed E-state index contributed by atoms with van der Waals surface area (Å²) in [5.74, 6) is 1.52. The van der Waals surface area contributed by atoms with Crippen molar-refractivity contribution in [2.75, 3.05) is 40.0 Å². The Morgan fingerprint density at radius 2 is 2.04 bits per heavy atom. The molecule has 5 nitrogen and oxygen atoms in total. The van der Waals surface area contributed by atoms with Crippen LogP contribution in [0, 0.1) is 6.92 Å². The second kappa shape index (κ2) is 12.5. The van der Waals surface area contributed by atoms with Crippen LogP contribution >= 0.6 is 24.0 Å². The summed E-state index contributed by atoms with van der Waals surface area (Å²) in [7, 11) is 1.68. The van der Waals surface area contributed by atoms with Crippen LogP contribution in [0.2, 0.25) is 0 Å². The third kappa shape index (κ3) is 7.92. The van der Waals surface area contributed by atoms with E-state index in [0.717, 1.165) is 32.1 Å². The molecule has 1 aromatic carbocycles. The van der Waals surface area contributed by atoms with Gasteiger partial charge in [0.2, 0.25) is 0 Å². The Balaban J connectivity index is 0.00000312. The van der Waals surface area contributed by atoms with Gasteiger partial charge in [-0.05, 0) is 37.8 Å². The van der Waals surface area contributed by atoms with Crippen molar-refractivity contribution in [2.24, 2.45) is 4.99 Å². The Bertz CT molecular complexity index is 525. The molecule has 25 heavy (non-hydrogen) atoms. The van der Waals surface area contributed by atoms with Gasteiger partial charge in [0.15, 0.2) is 5.96 Å². The number of methoxy groups -OCH3 is 1. The van der Waals surface area contributed by atoms with E-state index in [-0.39, 0.29) is 24.0 Å². The minimum atomic E-state index is 0. The number of hydrogen-bond acceptors (Lipinski definition) is 3. The van der Waals surface area contributed by atoms with Crippen molar-refractivity contribution in [2.45, 2.75) is 38.6 Å². The number of nitrogens with zero attached hydrogens (tertiary/aromatic N) is 1. The third-order valence-corrected chi connectivity index (χ3v) is 4.19. The van der Waals surface area contributed by atoms with Gasteiger partial charge in [-0.1, -0.05) is 24.3 Å². The first-order valence-electron chi connectivity index (χ1n) is 8.93. The topological polar surface area (TPSA) is 54.9 Å². The zero-order valence-electron chi connectivity index (χ0n) is 15.6. The van der Waals surface area contributed by atoms with Gasteiger partial charge in [0, 0.05) is 38.8 Å². The first-order chi connectivity index (χ1) is 11.8. The van der Waals surface area contributed by atoms with E-state index in [2.05, 4.69) is 53.7 Å². The van der Waals surface area contributed by atoms with Crippen LogP contribution in [-0.4, -0.2) is 52.0 Å². The fraction of sp³-hybridized carbons (Fsp3) is 0.632. The average molecular weight is 461 g/mol. The molecule has 1 aromatic rings. The molecular weight excluding hydrogens is 429 g/mol. The molecule has 0 aromatic heterocycles. The lowest BCUT2D eigenvalue weighted by atomic mass is 10.0. The summed E-state index contributed by atoms with van der Waals surface area (Å²) in [5, 5.41) is 6.89. The molecular formula is C19H32IN3O2. The van der Waals surface area contributed by atoms with Gasteiger partial charge in [0.05, 0.1) is 13.2 Å². The molecule has 2 atom stereocenters. The molecule has 0 aliphatic heterocycles. The van der Waals surface area contributed by atoms with Crippen LogP contribution in [0.1, 0.15) is 36.8 Å². The normalized spacial score (nSPS) is 19.2. The molecule has 0 spiro atoms. The van der Waals surface area contributed by atoms with Gasteiger partial charge in [-0.3, -0.25) is 4.99 Å². The Kier molecular flexibility index (Phi) is 11.1. The molecule has 1 saturated carbocycles. The number of ether oxygens (including phenoxy) is 2. The van der Waals surface area contributed by atoms with Gasteiger partial charge in [-0.25, -0.2) is 0 Å². The third-order valence-electron chi connectivity index (χ3n) is 4.19. The highest BCUT2D eigenvalue weighted by Gasteiger charge is 2.39. The molecule has 2 unspecified atom stereocenters. The quantitative estimate of drug-likeness (QED) is 0.244. The summed E-state index contributed by atoms with van der Waals surface area (Å²) in [6.07, 6.45) is 2.10. The van der Waals surface area contributed by atoms with E-state index in [1.165, 1.54) is 17.5 Å². The molecule has 0 amide bonds. The average Bonchev–Trinajstić information content (AvgIpc) is 3.33. The van der Waals surface area contributed by atoms with E-state index in [4.69, 9.17) is 9.47 Å². The first-order valence-corrected chi connectivity index (χ1v) is 8.93. The van der Waals surface area contributed by atoms with E-state index in [1.807, 2.05) is 0 Å². The van der Waals surface area contributed by atoms with E-state index in [0.29, 0.717) is 25.2 Å². The molecule has 1 aliphatic rings. The van der Waals surface area contributed by atoms with Gasteiger partial charge in [-0.15, -0.1) is 24.0 Å². The highest BCUT2D eigenvalue weighted by molar-refractivity contribution is 14.0. The van der Waals surface area contributed by atoms with E-state index in [9.17, 15) is 0 Å². The van der Waals surface area contributed by atoms with Crippen molar-refractivity contribution in [3.8, 4) is 0 Å². The van der Waals surface area contributed by atoms with Gasteiger partial charge in [-0.2, -0.15) is 0 Å². The van der Waals surface area contributed by atoms with Crippen molar-refractivity contribution in [3.05, 3.63) is 35.4 Å². The van der Waals surface area contributed by atoms with Crippen LogP contribution in [0.3, 0.4) is 0 Å².